The average Bonchev–Trinajstić information content (AvgIpc) is 3.12. The Morgan fingerprint density at radius 1 is 1.32 bits per heavy atom. The van der Waals surface area contributed by atoms with E-state index >= 15 is 0 Å². The molecule has 1 heterocycles. The van der Waals surface area contributed by atoms with Crippen molar-refractivity contribution in [3.8, 4) is 5.75 Å². The predicted molar refractivity (Wildman–Crippen MR) is 81.6 cm³/mol. The van der Waals surface area contributed by atoms with Crippen LogP contribution in [0.15, 0.2) is 47.1 Å². The lowest BCUT2D eigenvalue weighted by Crippen LogP contribution is -2.61. The van der Waals surface area contributed by atoms with Crippen LogP contribution in [0, 0.1) is 0 Å². The number of aliphatic hydroxyl groups excluding tert-OH is 1. The lowest BCUT2D eigenvalue weighted by atomic mass is 9.88. The Hall–Kier alpha value is -2.52. The van der Waals surface area contributed by atoms with E-state index in [2.05, 4.69) is 0 Å². The molecule has 0 saturated heterocycles. The van der Waals surface area contributed by atoms with Crippen LogP contribution in [-0.2, 0) is 10.3 Å². The number of nitrogens with one attached hydrogen (secondary N) is 1. The lowest BCUT2D eigenvalue weighted by molar-refractivity contribution is -0.195. The van der Waals surface area contributed by atoms with Gasteiger partial charge in [-0.05, 0) is 18.2 Å². The number of carbonyl (C=O) groups excluding carboxylic acids is 1. The summed E-state index contributed by atoms with van der Waals surface area (Å²) in [6, 6.07) is 8.03. The van der Waals surface area contributed by atoms with Gasteiger partial charge in [0, 0.05) is 5.56 Å². The van der Waals surface area contributed by atoms with Crippen molar-refractivity contribution in [1.82, 2.24) is 5.32 Å². The highest BCUT2D eigenvalue weighted by Gasteiger charge is 2.60. The average molecular weight is 358 g/mol. The van der Waals surface area contributed by atoms with Gasteiger partial charge in [0.15, 0.2) is 0 Å². The zero-order valence-electron chi connectivity index (χ0n) is 13.2. The molecule has 1 aromatic carbocycles. The van der Waals surface area contributed by atoms with Gasteiger partial charge in [0.2, 0.25) is 5.54 Å². The van der Waals surface area contributed by atoms with Crippen molar-refractivity contribution >= 4 is 5.91 Å². The monoisotopic (exact) mass is 358 g/mol. The molecule has 0 fully saturated rings. The van der Waals surface area contributed by atoms with Gasteiger partial charge in [-0.1, -0.05) is 18.2 Å². The van der Waals surface area contributed by atoms with E-state index in [9.17, 15) is 23.1 Å². The third-order valence-corrected chi connectivity index (χ3v) is 3.66. The molecule has 25 heavy (non-hydrogen) atoms. The van der Waals surface area contributed by atoms with E-state index in [0.29, 0.717) is 0 Å². The van der Waals surface area contributed by atoms with Crippen LogP contribution < -0.4 is 15.8 Å². The Labute approximate surface area is 141 Å². The topological polar surface area (TPSA) is 97.7 Å². The van der Waals surface area contributed by atoms with Crippen LogP contribution in [0.4, 0.5) is 13.2 Å². The number of hydrogen-bond acceptors (Lipinski definition) is 5. The maximum absolute atomic E-state index is 13.6. The summed E-state index contributed by atoms with van der Waals surface area (Å²) in [5.41, 5.74) is 1.62. The molecule has 0 aliphatic rings. The van der Waals surface area contributed by atoms with Crippen molar-refractivity contribution in [2.45, 2.75) is 17.8 Å². The maximum Gasteiger partial charge on any atom is 0.419 e. The molecule has 2 atom stereocenters. The van der Waals surface area contributed by atoms with E-state index in [4.69, 9.17) is 14.9 Å². The van der Waals surface area contributed by atoms with E-state index in [1.807, 2.05) is 5.32 Å². The molecule has 0 radical (unpaired) electrons. The van der Waals surface area contributed by atoms with Crippen molar-refractivity contribution in [3.63, 3.8) is 0 Å². The highest BCUT2D eigenvalue weighted by Crippen LogP contribution is 2.41. The molecule has 0 aliphatic carbocycles. The Bertz CT molecular complexity index is 718. The van der Waals surface area contributed by atoms with Gasteiger partial charge in [0.05, 0.1) is 19.9 Å². The molecule has 4 N–H and O–H groups in total. The van der Waals surface area contributed by atoms with Crippen molar-refractivity contribution in [2.75, 3.05) is 13.7 Å². The van der Waals surface area contributed by atoms with Crippen molar-refractivity contribution < 1.29 is 32.2 Å². The number of nitrogens with two attached hydrogens (primary N) is 1. The fraction of sp³-hybridized carbons (Fsp3) is 0.312. The van der Waals surface area contributed by atoms with E-state index < -0.39 is 35.8 Å². The van der Waals surface area contributed by atoms with E-state index in [1.54, 1.807) is 0 Å². The molecule has 136 valence electrons. The number of rotatable bonds is 6. The lowest BCUT2D eigenvalue weighted by Gasteiger charge is -2.32. The van der Waals surface area contributed by atoms with Crippen LogP contribution in [0.25, 0.3) is 0 Å². The number of amides is 1. The number of carbonyl (C=O) groups is 1. The summed E-state index contributed by atoms with van der Waals surface area (Å²) in [7, 11) is 1.17. The molecule has 0 bridgehead atoms. The minimum atomic E-state index is -5.10. The van der Waals surface area contributed by atoms with Crippen LogP contribution >= 0.6 is 0 Å². The number of alkyl halides is 3. The van der Waals surface area contributed by atoms with Gasteiger partial charge in [0.25, 0.3) is 5.91 Å². The zero-order chi connectivity index (χ0) is 18.7. The molecule has 2 aromatic rings. The van der Waals surface area contributed by atoms with E-state index in [1.165, 1.54) is 43.7 Å². The molecule has 2 rings (SSSR count). The zero-order valence-corrected chi connectivity index (χ0v) is 13.2. The first kappa shape index (κ1) is 18.8. The molecule has 9 heteroatoms. The van der Waals surface area contributed by atoms with Gasteiger partial charge < -0.3 is 25.3 Å². The molecule has 0 aliphatic heterocycles. The summed E-state index contributed by atoms with van der Waals surface area (Å²) >= 11 is 0. The molecule has 0 unspecified atom stereocenters. The van der Waals surface area contributed by atoms with E-state index in [0.717, 1.165) is 6.07 Å². The first-order valence-electron chi connectivity index (χ1n) is 7.20. The number of halogens is 3. The number of aliphatic hydroxyl groups is 1. The second-order valence-corrected chi connectivity index (χ2v) is 5.25. The number of benzene rings is 1. The molecule has 0 spiro atoms. The van der Waals surface area contributed by atoms with Gasteiger partial charge in [-0.3, -0.25) is 4.79 Å². The summed E-state index contributed by atoms with van der Waals surface area (Å²) in [6.45, 7) is -0.503. The number of methoxy groups -OCH3 is 1. The van der Waals surface area contributed by atoms with Crippen LogP contribution in [0.2, 0.25) is 0 Å². The van der Waals surface area contributed by atoms with Crippen molar-refractivity contribution in [2.24, 2.45) is 5.73 Å². The molecular weight excluding hydrogens is 341 g/mol. The first-order valence-corrected chi connectivity index (χ1v) is 7.20. The minimum absolute atomic E-state index is 0.104. The maximum atomic E-state index is 13.6. The Morgan fingerprint density at radius 3 is 2.56 bits per heavy atom. The smallest absolute Gasteiger partial charge is 0.419 e. The quantitative estimate of drug-likeness (QED) is 0.732. The number of para-hydroxylation sites is 1. The number of hydrogen-bond donors (Lipinski definition) is 3. The van der Waals surface area contributed by atoms with Gasteiger partial charge in [-0.2, -0.15) is 13.2 Å². The SMILES string of the molecule is COc1ccccc1[C@@](N)(C(=O)NC[C@@H](O)c1ccco1)C(F)(F)F. The standard InChI is InChI=1S/C16H17F3N2O4/c1-24-12-6-3-2-5-10(12)15(20,16(17,18)19)14(23)21-9-11(22)13-7-4-8-25-13/h2-8,11,22H,9,20H2,1H3,(H,21,23)/t11-,15-/m1/s1. The van der Waals surface area contributed by atoms with Gasteiger partial charge in [-0.15, -0.1) is 0 Å². The summed E-state index contributed by atoms with van der Waals surface area (Å²) < 4.78 is 50.7. The highest BCUT2D eigenvalue weighted by atomic mass is 19.4. The van der Waals surface area contributed by atoms with Crippen LogP contribution in [0.3, 0.4) is 0 Å². The van der Waals surface area contributed by atoms with Crippen molar-refractivity contribution in [1.29, 1.82) is 0 Å². The molecular formula is C16H17F3N2O4. The Morgan fingerprint density at radius 2 is 2.00 bits per heavy atom. The normalized spacial score (nSPS) is 15.3. The van der Waals surface area contributed by atoms with Gasteiger partial charge >= 0.3 is 6.18 Å². The minimum Gasteiger partial charge on any atom is -0.496 e. The molecule has 1 amide bonds. The fourth-order valence-corrected chi connectivity index (χ4v) is 2.28. The first-order chi connectivity index (χ1) is 11.7. The molecule has 6 nitrogen and oxygen atoms in total. The second-order valence-electron chi connectivity index (χ2n) is 5.25. The van der Waals surface area contributed by atoms with Crippen LogP contribution in [-0.4, -0.2) is 30.8 Å². The predicted octanol–water partition coefficient (Wildman–Crippen LogP) is 1.85. The Kier molecular flexibility index (Phi) is 5.39. The number of ether oxygens (including phenoxy) is 1. The summed E-state index contributed by atoms with van der Waals surface area (Å²) in [4.78, 5) is 12.3. The third-order valence-electron chi connectivity index (χ3n) is 3.66. The van der Waals surface area contributed by atoms with Gasteiger partial charge in [-0.25, -0.2) is 0 Å². The largest absolute Gasteiger partial charge is 0.496 e. The summed E-state index contributed by atoms with van der Waals surface area (Å²) in [5, 5.41) is 11.9. The summed E-state index contributed by atoms with van der Waals surface area (Å²) in [5.74, 6) is -1.59. The fourth-order valence-electron chi connectivity index (χ4n) is 2.28. The number of furan rings is 1. The Balaban J connectivity index is 2.29. The van der Waals surface area contributed by atoms with Crippen LogP contribution in [0.1, 0.15) is 17.4 Å². The highest BCUT2D eigenvalue weighted by molar-refractivity contribution is 5.89. The second kappa shape index (κ2) is 7.16. The third kappa shape index (κ3) is 3.62. The van der Waals surface area contributed by atoms with Crippen LogP contribution in [0.5, 0.6) is 5.75 Å². The molecule has 1 aromatic heterocycles. The van der Waals surface area contributed by atoms with Gasteiger partial charge in [0.1, 0.15) is 17.6 Å². The van der Waals surface area contributed by atoms with Crippen molar-refractivity contribution in [3.05, 3.63) is 54.0 Å². The van der Waals surface area contributed by atoms with E-state index in [-0.39, 0.29) is 11.5 Å². The molecule has 0 saturated carbocycles. The summed E-state index contributed by atoms with van der Waals surface area (Å²) in [6.07, 6.45) is -5.12.